The maximum atomic E-state index is 12.8. The first-order valence-corrected chi connectivity index (χ1v) is 11.3. The highest BCUT2D eigenvalue weighted by Gasteiger charge is 2.66. The van der Waals surface area contributed by atoms with Gasteiger partial charge < -0.3 is 10.1 Å². The number of carbonyl (C=O) groups excluding carboxylic acids is 4. The van der Waals surface area contributed by atoms with Crippen LogP contribution in [0.25, 0.3) is 0 Å². The van der Waals surface area contributed by atoms with Crippen molar-refractivity contribution in [3.63, 3.8) is 0 Å². The molecule has 10 heteroatoms. The van der Waals surface area contributed by atoms with E-state index in [0.717, 1.165) is 11.3 Å². The van der Waals surface area contributed by atoms with Crippen LogP contribution in [0.2, 0.25) is 5.02 Å². The van der Waals surface area contributed by atoms with E-state index in [-0.39, 0.29) is 45.1 Å². The van der Waals surface area contributed by atoms with Crippen molar-refractivity contribution in [1.29, 1.82) is 0 Å². The summed E-state index contributed by atoms with van der Waals surface area (Å²) in [4.78, 5) is 50.8. The van der Waals surface area contributed by atoms with Crippen molar-refractivity contribution in [2.45, 2.75) is 16.1 Å². The molecule has 7 nitrogen and oxygen atoms in total. The van der Waals surface area contributed by atoms with E-state index in [9.17, 15) is 19.2 Å². The van der Waals surface area contributed by atoms with E-state index in [1.807, 2.05) is 0 Å². The third-order valence-electron chi connectivity index (χ3n) is 5.84. The summed E-state index contributed by atoms with van der Waals surface area (Å²) >= 11 is 13.1. The maximum Gasteiger partial charge on any atom is 0.326 e. The van der Waals surface area contributed by atoms with Crippen molar-refractivity contribution >= 4 is 72.8 Å². The van der Waals surface area contributed by atoms with Gasteiger partial charge in [-0.3, -0.25) is 24.1 Å². The van der Waals surface area contributed by atoms with Crippen LogP contribution in [-0.2, 0) is 23.9 Å². The number of rotatable bonds is 5. The average molecular weight is 549 g/mol. The van der Waals surface area contributed by atoms with Crippen molar-refractivity contribution < 1.29 is 23.9 Å². The first kappa shape index (κ1) is 20.8. The molecule has 1 N–H and O–H groups in total. The summed E-state index contributed by atoms with van der Waals surface area (Å²) in [6.07, 6.45) is 0.820. The Labute approximate surface area is 188 Å². The predicted octanol–water partition coefficient (Wildman–Crippen LogP) is 2.60. The minimum atomic E-state index is -0.800. The number of amides is 3. The number of fused-ring (bicyclic) bond motifs is 5. The summed E-state index contributed by atoms with van der Waals surface area (Å²) in [6.45, 7) is -0.999. The van der Waals surface area contributed by atoms with Crippen molar-refractivity contribution in [3.8, 4) is 0 Å². The zero-order valence-corrected chi connectivity index (χ0v) is 18.9. The Morgan fingerprint density at radius 3 is 2.34 bits per heavy atom. The Balaban J connectivity index is 1.32. The van der Waals surface area contributed by atoms with Crippen LogP contribution in [0.3, 0.4) is 0 Å². The van der Waals surface area contributed by atoms with Gasteiger partial charge in [0.15, 0.2) is 6.61 Å². The molecule has 2 saturated carbocycles. The molecular weight excluding hydrogens is 531 g/mol. The number of hydrogen-bond donors (Lipinski definition) is 1. The lowest BCUT2D eigenvalue weighted by Gasteiger charge is -2.28. The van der Waals surface area contributed by atoms with E-state index in [2.05, 4.69) is 37.2 Å². The van der Waals surface area contributed by atoms with Crippen molar-refractivity contribution in [3.05, 3.63) is 29.3 Å². The van der Waals surface area contributed by atoms with Gasteiger partial charge in [-0.1, -0.05) is 49.5 Å². The van der Waals surface area contributed by atoms with Crippen LogP contribution in [0.15, 0.2) is 24.3 Å². The summed E-state index contributed by atoms with van der Waals surface area (Å²) in [5.41, 5.74) is 0.473. The summed E-state index contributed by atoms with van der Waals surface area (Å²) in [6, 6.07) is 6.55. The fourth-order valence-corrected chi connectivity index (χ4v) is 6.71. The number of hydrogen-bond acceptors (Lipinski definition) is 5. The van der Waals surface area contributed by atoms with Gasteiger partial charge >= 0.3 is 5.97 Å². The molecule has 0 unspecified atom stereocenters. The van der Waals surface area contributed by atoms with Crippen molar-refractivity contribution in [2.24, 2.45) is 23.7 Å². The fourth-order valence-electron chi connectivity index (χ4n) is 4.65. The Morgan fingerprint density at radius 2 is 1.76 bits per heavy atom. The number of nitrogens with one attached hydrogen (secondary N) is 1. The fraction of sp³-hybridized carbons (Fsp3) is 0.474. The van der Waals surface area contributed by atoms with Crippen LogP contribution >= 0.6 is 43.5 Å². The normalized spacial score (nSPS) is 32.4. The Kier molecular flexibility index (Phi) is 5.74. The third kappa shape index (κ3) is 3.72. The van der Waals surface area contributed by atoms with Crippen molar-refractivity contribution in [1.82, 2.24) is 4.90 Å². The zero-order chi connectivity index (χ0) is 20.9. The van der Waals surface area contributed by atoms with Gasteiger partial charge in [0.1, 0.15) is 6.54 Å². The summed E-state index contributed by atoms with van der Waals surface area (Å²) in [7, 11) is 0. The SMILES string of the molecule is O=C(COC(=O)CN1C(=O)[C@@H]2[C@H]3C[C@@H]([C@@H](Br)[C@H]3Br)[C@H]2C1=O)Nc1cccc(Cl)c1. The lowest BCUT2D eigenvalue weighted by Crippen LogP contribution is -2.38. The highest BCUT2D eigenvalue weighted by atomic mass is 79.9. The van der Waals surface area contributed by atoms with Gasteiger partial charge in [-0.15, -0.1) is 0 Å². The van der Waals surface area contributed by atoms with Gasteiger partial charge in [0, 0.05) is 20.4 Å². The van der Waals surface area contributed by atoms with Crippen LogP contribution in [0.1, 0.15) is 6.42 Å². The molecule has 1 aromatic rings. The van der Waals surface area contributed by atoms with Crippen LogP contribution in [0.4, 0.5) is 5.69 Å². The molecule has 2 aliphatic carbocycles. The van der Waals surface area contributed by atoms with E-state index in [1.54, 1.807) is 24.3 Å². The molecule has 1 saturated heterocycles. The maximum absolute atomic E-state index is 12.8. The molecule has 0 radical (unpaired) electrons. The molecule has 0 aromatic heterocycles. The first-order valence-electron chi connectivity index (χ1n) is 9.12. The molecule has 3 aliphatic rings. The van der Waals surface area contributed by atoms with E-state index >= 15 is 0 Å². The number of anilines is 1. The van der Waals surface area contributed by atoms with Gasteiger partial charge in [-0.25, -0.2) is 0 Å². The first-order chi connectivity index (χ1) is 13.8. The van der Waals surface area contributed by atoms with Crippen LogP contribution < -0.4 is 5.32 Å². The zero-order valence-electron chi connectivity index (χ0n) is 15.0. The number of halogens is 3. The molecule has 4 rings (SSSR count). The molecule has 1 heterocycles. The smallest absolute Gasteiger partial charge is 0.326 e. The van der Waals surface area contributed by atoms with E-state index in [4.69, 9.17) is 16.3 Å². The van der Waals surface area contributed by atoms with E-state index in [0.29, 0.717) is 10.7 Å². The molecule has 1 aliphatic heterocycles. The van der Waals surface area contributed by atoms with Gasteiger partial charge in [0.25, 0.3) is 5.91 Å². The Morgan fingerprint density at radius 1 is 1.14 bits per heavy atom. The standard InChI is InChI=1S/C19H17Br2ClN2O5/c20-16-10-5-11(17(16)21)15-14(10)18(27)24(19(15)28)6-13(26)29-7-12(25)23-9-3-1-2-8(22)4-9/h1-4,10-11,14-17H,5-7H2,(H,23,25)/t10-,11-,14-,15-,16-,17+/m1/s1. The van der Waals surface area contributed by atoms with Gasteiger partial charge in [0.2, 0.25) is 11.8 Å². The second-order valence-electron chi connectivity index (χ2n) is 7.49. The molecule has 29 heavy (non-hydrogen) atoms. The minimum absolute atomic E-state index is 0.0790. The highest BCUT2D eigenvalue weighted by Crippen LogP contribution is 2.60. The second-order valence-corrected chi connectivity index (χ2v) is 10.0. The number of alkyl halides is 2. The van der Waals surface area contributed by atoms with Gasteiger partial charge in [0.05, 0.1) is 11.8 Å². The molecule has 0 spiro atoms. The molecular formula is C19H17Br2ClN2O5. The highest BCUT2D eigenvalue weighted by molar-refractivity contribution is 9.12. The Bertz CT molecular complexity index is 865. The number of esters is 1. The monoisotopic (exact) mass is 546 g/mol. The number of benzene rings is 1. The number of carbonyl (C=O) groups is 4. The van der Waals surface area contributed by atoms with Crippen LogP contribution in [0, 0.1) is 23.7 Å². The summed E-state index contributed by atoms with van der Waals surface area (Å²) in [5.74, 6) is -2.60. The molecule has 1 aromatic carbocycles. The molecule has 6 atom stereocenters. The number of imide groups is 1. The quantitative estimate of drug-likeness (QED) is 0.347. The predicted molar refractivity (Wildman–Crippen MR) is 112 cm³/mol. The Hall–Kier alpha value is -1.45. The molecule has 2 bridgehead atoms. The lowest BCUT2D eigenvalue weighted by molar-refractivity contribution is -0.154. The third-order valence-corrected chi connectivity index (χ3v) is 9.28. The van der Waals surface area contributed by atoms with Crippen molar-refractivity contribution in [2.75, 3.05) is 18.5 Å². The number of nitrogens with zero attached hydrogens (tertiary/aromatic N) is 1. The summed E-state index contributed by atoms with van der Waals surface area (Å²) in [5, 5.41) is 3.01. The topological polar surface area (TPSA) is 92.8 Å². The lowest BCUT2D eigenvalue weighted by atomic mass is 9.81. The van der Waals surface area contributed by atoms with Gasteiger partial charge in [-0.2, -0.15) is 0 Å². The minimum Gasteiger partial charge on any atom is -0.454 e. The molecule has 3 fully saturated rings. The largest absolute Gasteiger partial charge is 0.454 e. The van der Waals surface area contributed by atoms with Crippen LogP contribution in [0.5, 0.6) is 0 Å². The number of likely N-dealkylation sites (tertiary alicyclic amines) is 1. The van der Waals surface area contributed by atoms with E-state index < -0.39 is 25.0 Å². The summed E-state index contributed by atoms with van der Waals surface area (Å²) < 4.78 is 4.95. The molecule has 154 valence electrons. The second kappa shape index (κ2) is 8.00. The average Bonchev–Trinajstić information content (AvgIpc) is 3.27. The van der Waals surface area contributed by atoms with Gasteiger partial charge in [-0.05, 0) is 36.5 Å². The number of ether oxygens (including phenoxy) is 1. The van der Waals surface area contributed by atoms with E-state index in [1.165, 1.54) is 0 Å². The molecule has 3 amide bonds. The van der Waals surface area contributed by atoms with Crippen LogP contribution in [-0.4, -0.2) is 51.4 Å².